The fourth-order valence-corrected chi connectivity index (χ4v) is 3.29. The van der Waals surface area contributed by atoms with Gasteiger partial charge in [0.25, 0.3) is 5.91 Å². The Labute approximate surface area is 132 Å². The Kier molecular flexibility index (Phi) is 5.42. The van der Waals surface area contributed by atoms with E-state index >= 15 is 0 Å². The molecule has 0 spiro atoms. The van der Waals surface area contributed by atoms with E-state index in [1.807, 2.05) is 6.92 Å². The Morgan fingerprint density at radius 1 is 1.27 bits per heavy atom. The first-order chi connectivity index (χ1) is 10.4. The van der Waals surface area contributed by atoms with Crippen LogP contribution < -0.4 is 5.32 Å². The van der Waals surface area contributed by atoms with Crippen molar-refractivity contribution < 1.29 is 14.4 Å². The van der Waals surface area contributed by atoms with Crippen molar-refractivity contribution in [2.24, 2.45) is 5.92 Å². The number of carbonyl (C=O) groups excluding carboxylic acids is 3. The highest BCUT2D eigenvalue weighted by molar-refractivity contribution is 6.06. The molecule has 1 aliphatic carbocycles. The van der Waals surface area contributed by atoms with E-state index in [2.05, 4.69) is 12.2 Å². The quantitative estimate of drug-likeness (QED) is 0.787. The molecule has 2 fully saturated rings. The second-order valence-electron chi connectivity index (χ2n) is 6.63. The molecule has 0 unspecified atom stereocenters. The maximum absolute atomic E-state index is 12.4. The van der Waals surface area contributed by atoms with Crippen molar-refractivity contribution in [3.63, 3.8) is 0 Å². The van der Waals surface area contributed by atoms with Gasteiger partial charge >= 0.3 is 6.03 Å². The molecule has 2 aliphatic rings. The first-order valence-corrected chi connectivity index (χ1v) is 8.31. The Hall–Kier alpha value is -1.59. The van der Waals surface area contributed by atoms with Crippen molar-refractivity contribution in [3.05, 3.63) is 0 Å². The lowest BCUT2D eigenvalue weighted by Gasteiger charge is -2.34. The van der Waals surface area contributed by atoms with Gasteiger partial charge in [0.15, 0.2) is 0 Å². The number of hydrogen-bond donors (Lipinski definition) is 1. The summed E-state index contributed by atoms with van der Waals surface area (Å²) in [5.41, 5.74) is 0. The fraction of sp³-hybridized carbons (Fsp3) is 0.812. The van der Waals surface area contributed by atoms with Gasteiger partial charge < -0.3 is 10.2 Å². The molecule has 124 valence electrons. The van der Waals surface area contributed by atoms with E-state index in [4.69, 9.17) is 0 Å². The number of nitrogens with one attached hydrogen (secondary N) is 1. The number of imide groups is 1. The number of carbonyl (C=O) groups is 3. The van der Waals surface area contributed by atoms with Crippen LogP contribution in [0, 0.1) is 5.92 Å². The molecule has 1 atom stereocenters. The molecule has 0 aromatic carbocycles. The van der Waals surface area contributed by atoms with E-state index in [0.717, 1.165) is 42.9 Å². The first-order valence-electron chi connectivity index (χ1n) is 8.31. The highest BCUT2D eigenvalue weighted by Crippen LogP contribution is 2.26. The van der Waals surface area contributed by atoms with Crippen LogP contribution in [0.4, 0.5) is 4.79 Å². The van der Waals surface area contributed by atoms with Crippen molar-refractivity contribution in [3.8, 4) is 0 Å². The molecular formula is C16H27N3O3. The first kappa shape index (κ1) is 16.8. The molecule has 22 heavy (non-hydrogen) atoms. The third-order valence-electron chi connectivity index (χ3n) is 4.90. The lowest BCUT2D eigenvalue weighted by Crippen LogP contribution is -2.46. The predicted octanol–water partition coefficient (Wildman–Crippen LogP) is 1.74. The van der Waals surface area contributed by atoms with E-state index in [1.165, 1.54) is 0 Å². The summed E-state index contributed by atoms with van der Waals surface area (Å²) in [6.07, 6.45) is 5.70. The van der Waals surface area contributed by atoms with Crippen LogP contribution in [0.1, 0.15) is 52.4 Å². The lowest BCUT2D eigenvalue weighted by molar-refractivity contribution is -0.138. The summed E-state index contributed by atoms with van der Waals surface area (Å²) in [6.45, 7) is 4.05. The second-order valence-corrected chi connectivity index (χ2v) is 6.63. The molecule has 1 saturated carbocycles. The standard InChI is InChI=1S/C16H27N3O3/c1-4-5-13-15(21)19(16(22)17-13)10-14(20)18(3)12-8-6-11(2)7-9-12/h11-13H,4-10H2,1-3H3,(H,17,22)/t11?,12?,13-/m0/s1. The van der Waals surface area contributed by atoms with Gasteiger partial charge in [-0.15, -0.1) is 0 Å². The van der Waals surface area contributed by atoms with Crippen LogP contribution in [0.5, 0.6) is 0 Å². The number of amides is 4. The van der Waals surface area contributed by atoms with Crippen molar-refractivity contribution in [2.45, 2.75) is 64.5 Å². The minimum atomic E-state index is -0.467. The van der Waals surface area contributed by atoms with E-state index in [1.54, 1.807) is 11.9 Å². The Morgan fingerprint density at radius 2 is 1.91 bits per heavy atom. The molecule has 6 heteroatoms. The monoisotopic (exact) mass is 309 g/mol. The van der Waals surface area contributed by atoms with E-state index in [-0.39, 0.29) is 24.4 Å². The minimum Gasteiger partial charge on any atom is -0.341 e. The highest BCUT2D eigenvalue weighted by atomic mass is 16.2. The molecule has 0 radical (unpaired) electrons. The third kappa shape index (κ3) is 3.59. The number of rotatable bonds is 5. The fourth-order valence-electron chi connectivity index (χ4n) is 3.29. The van der Waals surface area contributed by atoms with Gasteiger partial charge in [0, 0.05) is 13.1 Å². The molecule has 1 N–H and O–H groups in total. The van der Waals surface area contributed by atoms with Crippen LogP contribution >= 0.6 is 0 Å². The number of likely N-dealkylation sites (N-methyl/N-ethyl adjacent to an activating group) is 1. The molecule has 0 aromatic heterocycles. The maximum atomic E-state index is 12.4. The summed E-state index contributed by atoms with van der Waals surface area (Å²) in [4.78, 5) is 39.2. The van der Waals surface area contributed by atoms with Crippen molar-refractivity contribution in [1.82, 2.24) is 15.1 Å². The summed E-state index contributed by atoms with van der Waals surface area (Å²) < 4.78 is 0. The van der Waals surface area contributed by atoms with Gasteiger partial charge in [-0.3, -0.25) is 14.5 Å². The molecule has 1 heterocycles. The molecular weight excluding hydrogens is 282 g/mol. The third-order valence-corrected chi connectivity index (χ3v) is 4.90. The van der Waals surface area contributed by atoms with Gasteiger partial charge in [0.05, 0.1) is 0 Å². The van der Waals surface area contributed by atoms with Gasteiger partial charge in [-0.25, -0.2) is 4.79 Å². The zero-order valence-electron chi connectivity index (χ0n) is 13.8. The maximum Gasteiger partial charge on any atom is 0.325 e. The van der Waals surface area contributed by atoms with Gasteiger partial charge in [0.1, 0.15) is 12.6 Å². The van der Waals surface area contributed by atoms with Crippen LogP contribution in [0.3, 0.4) is 0 Å². The van der Waals surface area contributed by atoms with Crippen molar-refractivity contribution in [1.29, 1.82) is 0 Å². The summed E-state index contributed by atoms with van der Waals surface area (Å²) in [5.74, 6) is 0.298. The van der Waals surface area contributed by atoms with Gasteiger partial charge in [-0.05, 0) is 38.0 Å². The van der Waals surface area contributed by atoms with Crippen molar-refractivity contribution in [2.75, 3.05) is 13.6 Å². The average Bonchev–Trinajstić information content (AvgIpc) is 2.75. The summed E-state index contributed by atoms with van der Waals surface area (Å²) in [7, 11) is 1.78. The zero-order valence-corrected chi connectivity index (χ0v) is 13.8. The molecule has 6 nitrogen and oxygen atoms in total. The Balaban J connectivity index is 1.91. The van der Waals surface area contributed by atoms with Gasteiger partial charge in [-0.1, -0.05) is 20.3 Å². The van der Waals surface area contributed by atoms with E-state index in [0.29, 0.717) is 6.42 Å². The SMILES string of the molecule is CCC[C@@H]1NC(=O)N(CC(=O)N(C)C2CCC(C)CC2)C1=O. The van der Waals surface area contributed by atoms with Gasteiger partial charge in [0.2, 0.25) is 5.91 Å². The van der Waals surface area contributed by atoms with Gasteiger partial charge in [-0.2, -0.15) is 0 Å². The van der Waals surface area contributed by atoms with Crippen LogP contribution in [0.25, 0.3) is 0 Å². The number of hydrogen-bond acceptors (Lipinski definition) is 3. The zero-order chi connectivity index (χ0) is 16.3. The van der Waals surface area contributed by atoms with Crippen LogP contribution in [0.15, 0.2) is 0 Å². The lowest BCUT2D eigenvalue weighted by atomic mass is 9.87. The highest BCUT2D eigenvalue weighted by Gasteiger charge is 2.39. The van der Waals surface area contributed by atoms with E-state index < -0.39 is 12.1 Å². The van der Waals surface area contributed by atoms with Crippen molar-refractivity contribution >= 4 is 17.8 Å². The van der Waals surface area contributed by atoms with Crippen LogP contribution in [-0.2, 0) is 9.59 Å². The van der Waals surface area contributed by atoms with E-state index in [9.17, 15) is 14.4 Å². The second kappa shape index (κ2) is 7.11. The predicted molar refractivity (Wildman–Crippen MR) is 83.1 cm³/mol. The molecule has 4 amide bonds. The normalized spacial score (nSPS) is 28.7. The summed E-state index contributed by atoms with van der Waals surface area (Å²) in [5, 5.41) is 2.65. The smallest absolute Gasteiger partial charge is 0.325 e. The molecule has 2 rings (SSSR count). The Bertz CT molecular complexity index is 444. The Morgan fingerprint density at radius 3 is 2.50 bits per heavy atom. The van der Waals surface area contributed by atoms with Crippen LogP contribution in [-0.4, -0.2) is 53.3 Å². The molecule has 0 bridgehead atoms. The summed E-state index contributed by atoms with van der Waals surface area (Å²) in [6, 6.07) is -0.676. The number of urea groups is 1. The topological polar surface area (TPSA) is 69.7 Å². The minimum absolute atomic E-state index is 0.145. The molecule has 0 aromatic rings. The molecule has 1 aliphatic heterocycles. The largest absolute Gasteiger partial charge is 0.341 e. The summed E-state index contributed by atoms with van der Waals surface area (Å²) >= 11 is 0. The van der Waals surface area contributed by atoms with Crippen LogP contribution in [0.2, 0.25) is 0 Å². The number of nitrogens with zero attached hydrogens (tertiary/aromatic N) is 2. The average molecular weight is 309 g/mol. The molecule has 1 saturated heterocycles.